The van der Waals surface area contributed by atoms with E-state index in [9.17, 15) is 13.2 Å². The van der Waals surface area contributed by atoms with Gasteiger partial charge in [-0.2, -0.15) is 13.2 Å². The van der Waals surface area contributed by atoms with Crippen molar-refractivity contribution in [3.8, 4) is 5.75 Å². The van der Waals surface area contributed by atoms with Crippen molar-refractivity contribution in [1.82, 2.24) is 0 Å². The molecule has 0 spiro atoms. The third kappa shape index (κ3) is 1.84. The van der Waals surface area contributed by atoms with E-state index in [1.807, 2.05) is 0 Å². The van der Waals surface area contributed by atoms with E-state index in [2.05, 4.69) is 0 Å². The highest BCUT2D eigenvalue weighted by Crippen LogP contribution is 2.45. The predicted octanol–water partition coefficient (Wildman–Crippen LogP) is 3.79. The summed E-state index contributed by atoms with van der Waals surface area (Å²) in [6.07, 6.45) is -1.97. The fourth-order valence-electron chi connectivity index (χ4n) is 1.25. The van der Waals surface area contributed by atoms with Crippen molar-refractivity contribution in [2.45, 2.75) is 9.78 Å². The van der Waals surface area contributed by atoms with E-state index in [4.69, 9.17) is 4.74 Å². The van der Waals surface area contributed by atoms with Gasteiger partial charge in [-0.3, -0.25) is 0 Å². The first kappa shape index (κ1) is 10.8. The SMILES string of the molecule is FC(F)(F)C1(I)C=Cc2ccccc2O1. The Morgan fingerprint density at radius 2 is 1.87 bits per heavy atom. The fraction of sp³-hybridized carbons (Fsp3) is 0.200. The summed E-state index contributed by atoms with van der Waals surface area (Å²) in [6.45, 7) is 0. The molecule has 1 heterocycles. The Kier molecular flexibility index (Phi) is 2.44. The highest BCUT2D eigenvalue weighted by Gasteiger charge is 2.55. The van der Waals surface area contributed by atoms with Gasteiger partial charge < -0.3 is 4.74 Å². The van der Waals surface area contributed by atoms with Crippen LogP contribution in [-0.4, -0.2) is 9.78 Å². The second kappa shape index (κ2) is 3.40. The maximum absolute atomic E-state index is 12.6. The van der Waals surface area contributed by atoms with Crippen LogP contribution in [0.25, 0.3) is 6.08 Å². The van der Waals surface area contributed by atoms with Crippen LogP contribution >= 0.6 is 22.6 Å². The lowest BCUT2D eigenvalue weighted by Crippen LogP contribution is -2.43. The molecule has 0 fully saturated rings. The molecule has 2 rings (SSSR count). The maximum Gasteiger partial charge on any atom is 0.441 e. The van der Waals surface area contributed by atoms with E-state index in [1.54, 1.807) is 18.2 Å². The first-order valence-electron chi connectivity index (χ1n) is 4.15. The van der Waals surface area contributed by atoms with Crippen LogP contribution in [0.4, 0.5) is 13.2 Å². The maximum atomic E-state index is 12.6. The number of halogens is 4. The van der Waals surface area contributed by atoms with Gasteiger partial charge in [-0.05, 0) is 34.7 Å². The summed E-state index contributed by atoms with van der Waals surface area (Å²) in [4.78, 5) is 0. The largest absolute Gasteiger partial charge is 0.463 e. The Hall–Kier alpha value is -0.720. The molecule has 15 heavy (non-hydrogen) atoms. The summed E-state index contributed by atoms with van der Waals surface area (Å²) in [7, 11) is 0. The Labute approximate surface area is 98.1 Å². The quantitative estimate of drug-likeness (QED) is 0.521. The second-order valence-corrected chi connectivity index (χ2v) is 4.72. The molecule has 1 aliphatic rings. The number of fused-ring (bicyclic) bond motifs is 1. The van der Waals surface area contributed by atoms with Crippen LogP contribution in [0.1, 0.15) is 5.56 Å². The van der Waals surface area contributed by atoms with Crippen LogP contribution in [0.15, 0.2) is 30.3 Å². The van der Waals surface area contributed by atoms with Gasteiger partial charge in [0.15, 0.2) is 0 Å². The van der Waals surface area contributed by atoms with E-state index in [1.165, 1.54) is 34.7 Å². The molecular formula is C10H6F3IO. The van der Waals surface area contributed by atoms with Gasteiger partial charge >= 0.3 is 6.18 Å². The lowest BCUT2D eigenvalue weighted by Gasteiger charge is -2.31. The minimum atomic E-state index is -4.42. The van der Waals surface area contributed by atoms with E-state index in [-0.39, 0.29) is 5.75 Å². The molecule has 1 aromatic carbocycles. The number of hydrogen-bond donors (Lipinski definition) is 0. The van der Waals surface area contributed by atoms with Crippen molar-refractivity contribution >= 4 is 28.7 Å². The average molecular weight is 326 g/mol. The Balaban J connectivity index is 2.42. The van der Waals surface area contributed by atoms with Crippen molar-refractivity contribution < 1.29 is 17.9 Å². The van der Waals surface area contributed by atoms with Gasteiger partial charge in [0.05, 0.1) is 0 Å². The molecule has 0 amide bonds. The summed E-state index contributed by atoms with van der Waals surface area (Å²) in [5.74, 6) is 0.256. The lowest BCUT2D eigenvalue weighted by molar-refractivity contribution is -0.187. The number of alkyl halides is 4. The number of ether oxygens (including phenoxy) is 1. The van der Waals surface area contributed by atoms with Crippen molar-refractivity contribution in [1.29, 1.82) is 0 Å². The monoisotopic (exact) mass is 326 g/mol. The number of rotatable bonds is 0. The summed E-state index contributed by atoms with van der Waals surface area (Å²) in [5.41, 5.74) is 0.661. The normalized spacial score (nSPS) is 24.5. The molecule has 0 N–H and O–H groups in total. The molecule has 0 aromatic heterocycles. The van der Waals surface area contributed by atoms with Crippen LogP contribution < -0.4 is 4.74 Å². The van der Waals surface area contributed by atoms with E-state index >= 15 is 0 Å². The molecule has 1 aliphatic heterocycles. The molecule has 1 atom stereocenters. The first-order valence-corrected chi connectivity index (χ1v) is 5.23. The van der Waals surface area contributed by atoms with Crippen LogP contribution in [0, 0.1) is 0 Å². The van der Waals surface area contributed by atoms with Crippen molar-refractivity contribution in [2.24, 2.45) is 0 Å². The molecule has 1 unspecified atom stereocenters. The second-order valence-electron chi connectivity index (χ2n) is 3.12. The molecule has 80 valence electrons. The number of benzene rings is 1. The summed E-state index contributed by atoms with van der Waals surface area (Å²) >= 11 is 1.26. The van der Waals surface area contributed by atoms with E-state index < -0.39 is 9.78 Å². The molecular weight excluding hydrogens is 320 g/mol. The van der Waals surface area contributed by atoms with Gasteiger partial charge in [0, 0.05) is 5.56 Å². The van der Waals surface area contributed by atoms with Crippen LogP contribution in [0.5, 0.6) is 5.75 Å². The van der Waals surface area contributed by atoms with Gasteiger partial charge in [-0.15, -0.1) is 0 Å². The summed E-state index contributed by atoms with van der Waals surface area (Å²) in [6, 6.07) is 6.63. The molecule has 0 saturated heterocycles. The van der Waals surface area contributed by atoms with E-state index in [0.717, 1.165) is 6.08 Å². The molecule has 0 saturated carbocycles. The average Bonchev–Trinajstić information content (AvgIpc) is 2.16. The molecule has 1 nitrogen and oxygen atoms in total. The van der Waals surface area contributed by atoms with Crippen molar-refractivity contribution in [3.63, 3.8) is 0 Å². The third-order valence-corrected chi connectivity index (χ3v) is 3.23. The van der Waals surface area contributed by atoms with Crippen LogP contribution in [-0.2, 0) is 0 Å². The van der Waals surface area contributed by atoms with Crippen molar-refractivity contribution in [3.05, 3.63) is 35.9 Å². The van der Waals surface area contributed by atoms with Crippen LogP contribution in [0.3, 0.4) is 0 Å². The zero-order chi connectivity index (χ0) is 11.1. The summed E-state index contributed by atoms with van der Waals surface area (Å²) in [5, 5.41) is 0. The predicted molar refractivity (Wildman–Crippen MR) is 58.9 cm³/mol. The van der Waals surface area contributed by atoms with Crippen LogP contribution in [0.2, 0.25) is 0 Å². The minimum absolute atomic E-state index is 0.256. The van der Waals surface area contributed by atoms with Gasteiger partial charge in [0.2, 0.25) is 0 Å². The molecule has 5 heteroatoms. The molecule has 1 aromatic rings. The summed E-state index contributed by atoms with van der Waals surface area (Å²) < 4.78 is 40.6. The highest BCUT2D eigenvalue weighted by atomic mass is 127. The Bertz CT molecular complexity index is 413. The zero-order valence-electron chi connectivity index (χ0n) is 7.38. The molecule has 0 bridgehead atoms. The van der Waals surface area contributed by atoms with Crippen molar-refractivity contribution in [2.75, 3.05) is 0 Å². The van der Waals surface area contributed by atoms with Gasteiger partial charge in [-0.1, -0.05) is 24.3 Å². The zero-order valence-corrected chi connectivity index (χ0v) is 9.54. The molecule has 0 radical (unpaired) electrons. The van der Waals surface area contributed by atoms with Gasteiger partial charge in [0.25, 0.3) is 3.61 Å². The number of para-hydroxylation sites is 1. The topological polar surface area (TPSA) is 9.23 Å². The lowest BCUT2D eigenvalue weighted by atomic mass is 10.1. The van der Waals surface area contributed by atoms with Gasteiger partial charge in [0.1, 0.15) is 5.75 Å². The Morgan fingerprint density at radius 3 is 2.53 bits per heavy atom. The smallest absolute Gasteiger partial charge is 0.441 e. The van der Waals surface area contributed by atoms with Gasteiger partial charge in [-0.25, -0.2) is 0 Å². The first-order chi connectivity index (χ1) is 6.92. The minimum Gasteiger partial charge on any atom is -0.463 e. The highest BCUT2D eigenvalue weighted by molar-refractivity contribution is 14.1. The number of hydrogen-bond acceptors (Lipinski definition) is 1. The Morgan fingerprint density at radius 1 is 1.20 bits per heavy atom. The fourth-order valence-corrected chi connectivity index (χ4v) is 1.67. The third-order valence-electron chi connectivity index (χ3n) is 2.04. The molecule has 0 aliphatic carbocycles. The van der Waals surface area contributed by atoms with E-state index in [0.29, 0.717) is 5.56 Å². The standard InChI is InChI=1S/C10H6F3IO/c11-10(12,13)9(14)6-5-7-3-1-2-4-8(7)15-9/h1-6H.